The van der Waals surface area contributed by atoms with Crippen molar-refractivity contribution < 1.29 is 19.4 Å². The first kappa shape index (κ1) is 16.3. The highest BCUT2D eigenvalue weighted by Gasteiger charge is 2.18. The predicted octanol–water partition coefficient (Wildman–Crippen LogP) is 3.22. The molecule has 0 amide bonds. The fourth-order valence-electron chi connectivity index (χ4n) is 1.78. The summed E-state index contributed by atoms with van der Waals surface area (Å²) in [7, 11) is 1.54. The number of hydrogen-bond acceptors (Lipinski definition) is 4. The van der Waals surface area contributed by atoms with Gasteiger partial charge in [0.2, 0.25) is 0 Å². The molecule has 1 aliphatic carbocycles. The molecule has 0 saturated carbocycles. The van der Waals surface area contributed by atoms with Gasteiger partial charge in [-0.2, -0.15) is 0 Å². The number of carbonyl (C=O) groups excluding carboxylic acids is 1. The van der Waals surface area contributed by atoms with Crippen molar-refractivity contribution in [1.82, 2.24) is 0 Å². The zero-order chi connectivity index (χ0) is 14.8. The van der Waals surface area contributed by atoms with Crippen LogP contribution in [0.5, 0.6) is 0 Å². The molecule has 110 valence electrons. The number of aliphatic hydroxyl groups excluding tert-OH is 1. The number of carbonyl (C=O) groups is 1. The van der Waals surface area contributed by atoms with Gasteiger partial charge < -0.3 is 14.6 Å². The van der Waals surface area contributed by atoms with Gasteiger partial charge in [-0.1, -0.05) is 25.5 Å². The van der Waals surface area contributed by atoms with E-state index in [-0.39, 0.29) is 18.5 Å². The molecular formula is C16H22O4. The van der Waals surface area contributed by atoms with Gasteiger partial charge in [0.1, 0.15) is 18.5 Å². The normalized spacial score (nSPS) is 18.6. The summed E-state index contributed by atoms with van der Waals surface area (Å²) in [6, 6.07) is 0. The van der Waals surface area contributed by atoms with Crippen LogP contribution in [-0.4, -0.2) is 30.9 Å². The number of methoxy groups -OCH3 is 1. The lowest BCUT2D eigenvalue weighted by Gasteiger charge is -2.19. The van der Waals surface area contributed by atoms with Crippen LogP contribution in [-0.2, 0) is 14.3 Å². The Morgan fingerprint density at radius 1 is 1.55 bits per heavy atom. The van der Waals surface area contributed by atoms with E-state index in [2.05, 4.69) is 12.7 Å². The van der Waals surface area contributed by atoms with Gasteiger partial charge in [-0.25, -0.2) is 4.79 Å². The molecule has 0 saturated heterocycles. The summed E-state index contributed by atoms with van der Waals surface area (Å²) in [5, 5.41) is 9.54. The van der Waals surface area contributed by atoms with Crippen molar-refractivity contribution in [3.63, 3.8) is 0 Å². The van der Waals surface area contributed by atoms with Crippen molar-refractivity contribution >= 4 is 5.97 Å². The zero-order valence-electron chi connectivity index (χ0n) is 12.1. The Kier molecular flexibility index (Phi) is 7.48. The van der Waals surface area contributed by atoms with Crippen molar-refractivity contribution in [3.8, 4) is 0 Å². The predicted molar refractivity (Wildman–Crippen MR) is 77.3 cm³/mol. The molecule has 20 heavy (non-hydrogen) atoms. The third kappa shape index (κ3) is 5.91. The summed E-state index contributed by atoms with van der Waals surface area (Å²) in [4.78, 5) is 11.5. The highest BCUT2D eigenvalue weighted by molar-refractivity contribution is 5.81. The maximum atomic E-state index is 11.5. The summed E-state index contributed by atoms with van der Waals surface area (Å²) in [6.07, 6.45) is 9.65. The molecule has 4 nitrogen and oxygen atoms in total. The fraction of sp³-hybridized carbons (Fsp3) is 0.500. The van der Waals surface area contributed by atoms with Crippen LogP contribution in [0.1, 0.15) is 32.6 Å². The summed E-state index contributed by atoms with van der Waals surface area (Å²) in [6.45, 7) is 2.38. The van der Waals surface area contributed by atoms with Gasteiger partial charge in [0.05, 0.1) is 6.08 Å². The van der Waals surface area contributed by atoms with E-state index in [1.54, 1.807) is 6.08 Å². The topological polar surface area (TPSA) is 55.8 Å². The summed E-state index contributed by atoms with van der Waals surface area (Å²) < 4.78 is 10.1. The van der Waals surface area contributed by atoms with E-state index >= 15 is 0 Å². The number of esters is 1. The molecule has 1 N–H and O–H groups in total. The van der Waals surface area contributed by atoms with Crippen LogP contribution in [0.15, 0.2) is 41.4 Å². The first-order valence-corrected chi connectivity index (χ1v) is 6.85. The number of aliphatic hydroxyl groups is 1. The third-order valence-corrected chi connectivity index (χ3v) is 2.94. The number of hydrogen-bond donors (Lipinski definition) is 1. The minimum atomic E-state index is -0.411. The fourth-order valence-corrected chi connectivity index (χ4v) is 1.78. The number of unbranched alkanes of at least 4 members (excludes halogenated alkanes) is 1. The second kappa shape index (κ2) is 9.18. The molecule has 1 unspecified atom stereocenters. The van der Waals surface area contributed by atoms with E-state index in [0.717, 1.165) is 18.4 Å². The lowest BCUT2D eigenvalue weighted by molar-refractivity contribution is -0.136. The van der Waals surface area contributed by atoms with Crippen LogP contribution in [0, 0.1) is 0 Å². The van der Waals surface area contributed by atoms with Gasteiger partial charge >= 0.3 is 5.97 Å². The van der Waals surface area contributed by atoms with E-state index in [1.807, 2.05) is 12.2 Å². The Hall–Kier alpha value is -1.77. The van der Waals surface area contributed by atoms with Gasteiger partial charge in [0, 0.05) is 13.5 Å². The standard InChI is InChI=1S/C16H22O4/c1-3-4-5-6-11-20-16(18)10-8-13-7-9-14(17)15(12-13)19-2/h5-6,9-10,15,17H,3-4,7,11-12H2,1-2H3/b6-5+. The monoisotopic (exact) mass is 278 g/mol. The van der Waals surface area contributed by atoms with E-state index in [4.69, 9.17) is 9.47 Å². The Morgan fingerprint density at radius 2 is 2.35 bits per heavy atom. The highest BCUT2D eigenvalue weighted by Crippen LogP contribution is 2.22. The minimum absolute atomic E-state index is 0.238. The Labute approximate surface area is 120 Å². The molecule has 1 rings (SSSR count). The number of rotatable bonds is 6. The van der Waals surface area contributed by atoms with Gasteiger partial charge in [0.25, 0.3) is 0 Å². The molecule has 0 fully saturated rings. The van der Waals surface area contributed by atoms with Crippen LogP contribution in [0.4, 0.5) is 0 Å². The van der Waals surface area contributed by atoms with E-state index in [1.165, 1.54) is 13.2 Å². The SMILES string of the molecule is CCC/C=C/COC(=O)C=C=C1CC=C(O)C(OC)C1. The quantitative estimate of drug-likeness (QED) is 0.351. The molecular weight excluding hydrogens is 256 g/mol. The van der Waals surface area contributed by atoms with Crippen molar-refractivity contribution in [3.05, 3.63) is 41.4 Å². The van der Waals surface area contributed by atoms with Crippen molar-refractivity contribution in [2.45, 2.75) is 38.7 Å². The van der Waals surface area contributed by atoms with Gasteiger partial charge in [0.15, 0.2) is 0 Å². The van der Waals surface area contributed by atoms with Crippen LogP contribution < -0.4 is 0 Å². The maximum Gasteiger partial charge on any atom is 0.338 e. The molecule has 0 aromatic heterocycles. The molecule has 1 aliphatic rings. The van der Waals surface area contributed by atoms with Gasteiger partial charge in [-0.15, -0.1) is 5.73 Å². The van der Waals surface area contributed by atoms with Gasteiger partial charge in [-0.05, 0) is 24.5 Å². The second-order valence-corrected chi connectivity index (χ2v) is 4.54. The molecule has 0 aromatic carbocycles. The molecule has 0 heterocycles. The highest BCUT2D eigenvalue weighted by atomic mass is 16.5. The molecule has 0 aliphatic heterocycles. The van der Waals surface area contributed by atoms with E-state index in [0.29, 0.717) is 12.8 Å². The molecule has 4 heteroatoms. The lowest BCUT2D eigenvalue weighted by Crippen LogP contribution is -2.17. The Bertz CT molecular complexity index is 439. The average Bonchev–Trinajstić information content (AvgIpc) is 2.46. The molecule has 0 aromatic rings. The minimum Gasteiger partial charge on any atom is -0.510 e. The first-order chi connectivity index (χ1) is 9.67. The average molecular weight is 278 g/mol. The number of ether oxygens (including phenoxy) is 2. The van der Waals surface area contributed by atoms with Crippen molar-refractivity contribution in [2.24, 2.45) is 0 Å². The maximum absolute atomic E-state index is 11.5. The largest absolute Gasteiger partial charge is 0.510 e. The van der Waals surface area contributed by atoms with Gasteiger partial charge in [-0.3, -0.25) is 0 Å². The molecule has 0 radical (unpaired) electrons. The lowest BCUT2D eigenvalue weighted by atomic mass is 9.98. The van der Waals surface area contributed by atoms with Crippen LogP contribution in [0.3, 0.4) is 0 Å². The Balaban J connectivity index is 2.46. The van der Waals surface area contributed by atoms with Crippen LogP contribution in [0.25, 0.3) is 0 Å². The second-order valence-electron chi connectivity index (χ2n) is 4.54. The first-order valence-electron chi connectivity index (χ1n) is 6.85. The third-order valence-electron chi connectivity index (χ3n) is 2.94. The summed E-state index contributed by atoms with van der Waals surface area (Å²) >= 11 is 0. The smallest absolute Gasteiger partial charge is 0.338 e. The molecule has 0 spiro atoms. The molecule has 1 atom stereocenters. The van der Waals surface area contributed by atoms with Crippen molar-refractivity contribution in [2.75, 3.05) is 13.7 Å². The van der Waals surface area contributed by atoms with E-state index in [9.17, 15) is 9.90 Å². The van der Waals surface area contributed by atoms with E-state index < -0.39 is 5.97 Å². The number of allylic oxidation sites excluding steroid dienone is 2. The Morgan fingerprint density at radius 3 is 3.05 bits per heavy atom. The van der Waals surface area contributed by atoms with Crippen LogP contribution in [0.2, 0.25) is 0 Å². The summed E-state index contributed by atoms with van der Waals surface area (Å²) in [5.74, 6) is -0.173. The molecule has 0 bridgehead atoms. The summed E-state index contributed by atoms with van der Waals surface area (Å²) in [5.41, 5.74) is 3.83. The van der Waals surface area contributed by atoms with Crippen LogP contribution >= 0.6 is 0 Å². The zero-order valence-corrected chi connectivity index (χ0v) is 12.1. The van der Waals surface area contributed by atoms with Crippen molar-refractivity contribution in [1.29, 1.82) is 0 Å².